The van der Waals surface area contributed by atoms with Crippen molar-refractivity contribution in [1.29, 1.82) is 0 Å². The van der Waals surface area contributed by atoms with Gasteiger partial charge in [0.15, 0.2) is 5.78 Å². The lowest BCUT2D eigenvalue weighted by atomic mass is 9.98. The topological polar surface area (TPSA) is 47.8 Å². The van der Waals surface area contributed by atoms with E-state index < -0.39 is 6.04 Å². The highest BCUT2D eigenvalue weighted by Crippen LogP contribution is 2.20. The van der Waals surface area contributed by atoms with Crippen LogP contribution in [0, 0.1) is 0 Å². The number of aromatic nitrogens is 3. The molecule has 0 aliphatic rings. The Balaban J connectivity index is 1.91. The third-order valence-corrected chi connectivity index (χ3v) is 3.71. The molecule has 0 spiro atoms. The van der Waals surface area contributed by atoms with E-state index in [4.69, 9.17) is 11.6 Å². The molecule has 3 rings (SSSR count). The van der Waals surface area contributed by atoms with Crippen molar-refractivity contribution in [2.75, 3.05) is 0 Å². The summed E-state index contributed by atoms with van der Waals surface area (Å²) in [6.45, 7) is 0. The van der Waals surface area contributed by atoms with Crippen LogP contribution in [0.5, 0.6) is 0 Å². The standard InChI is InChI=1S/C17H14ClN3O/c18-15-8-6-13(7-9-15)10-16(21-12-19-11-20-21)17(22)14-4-2-1-3-5-14/h1-9,11-12,16H,10H2/t16-/m1/s1. The van der Waals surface area contributed by atoms with Gasteiger partial charge in [-0.05, 0) is 17.7 Å². The summed E-state index contributed by atoms with van der Waals surface area (Å²) in [4.78, 5) is 16.8. The maximum atomic E-state index is 12.8. The van der Waals surface area contributed by atoms with Gasteiger partial charge in [0.05, 0.1) is 0 Å². The lowest BCUT2D eigenvalue weighted by Crippen LogP contribution is -2.22. The molecule has 1 aromatic heterocycles. The Morgan fingerprint density at radius 3 is 2.45 bits per heavy atom. The number of hydrogen-bond acceptors (Lipinski definition) is 3. The summed E-state index contributed by atoms with van der Waals surface area (Å²) < 4.78 is 1.60. The molecule has 110 valence electrons. The number of benzene rings is 2. The second kappa shape index (κ2) is 6.54. The highest BCUT2D eigenvalue weighted by molar-refractivity contribution is 6.30. The summed E-state index contributed by atoms with van der Waals surface area (Å²) in [6.07, 6.45) is 3.54. The minimum absolute atomic E-state index is 0.0149. The summed E-state index contributed by atoms with van der Waals surface area (Å²) >= 11 is 5.91. The van der Waals surface area contributed by atoms with E-state index in [0.29, 0.717) is 17.0 Å². The van der Waals surface area contributed by atoms with Gasteiger partial charge in [-0.2, -0.15) is 5.10 Å². The van der Waals surface area contributed by atoms with Gasteiger partial charge in [0.2, 0.25) is 0 Å². The second-order valence-electron chi connectivity index (χ2n) is 4.95. The zero-order valence-corrected chi connectivity index (χ0v) is 12.5. The number of halogens is 1. The molecular formula is C17H14ClN3O. The zero-order valence-electron chi connectivity index (χ0n) is 11.8. The van der Waals surface area contributed by atoms with Gasteiger partial charge in [0.25, 0.3) is 0 Å². The number of rotatable bonds is 5. The predicted octanol–water partition coefficient (Wildman–Crippen LogP) is 3.60. The molecule has 3 aromatic rings. The third kappa shape index (κ3) is 3.23. The van der Waals surface area contributed by atoms with E-state index in [2.05, 4.69) is 10.1 Å². The van der Waals surface area contributed by atoms with Crippen LogP contribution in [0.15, 0.2) is 67.3 Å². The molecule has 0 unspecified atom stereocenters. The Labute approximate surface area is 133 Å². The van der Waals surface area contributed by atoms with E-state index in [1.165, 1.54) is 6.33 Å². The Morgan fingerprint density at radius 2 is 1.82 bits per heavy atom. The van der Waals surface area contributed by atoms with Crippen LogP contribution in [0.3, 0.4) is 0 Å². The van der Waals surface area contributed by atoms with Gasteiger partial charge in [0.1, 0.15) is 18.7 Å². The lowest BCUT2D eigenvalue weighted by Gasteiger charge is -2.16. The number of Topliss-reactive ketones (excluding diaryl/α,β-unsaturated/α-hetero) is 1. The number of ketones is 1. The van der Waals surface area contributed by atoms with Crippen LogP contribution in [0.4, 0.5) is 0 Å². The quantitative estimate of drug-likeness (QED) is 0.676. The molecule has 0 saturated carbocycles. The average Bonchev–Trinajstić information content (AvgIpc) is 3.09. The fraction of sp³-hybridized carbons (Fsp3) is 0.118. The second-order valence-corrected chi connectivity index (χ2v) is 5.39. The Morgan fingerprint density at radius 1 is 1.09 bits per heavy atom. The minimum atomic E-state index is -0.425. The van der Waals surface area contributed by atoms with Crippen LogP contribution < -0.4 is 0 Å². The van der Waals surface area contributed by atoms with E-state index in [0.717, 1.165) is 5.56 Å². The van der Waals surface area contributed by atoms with Crippen LogP contribution in [-0.4, -0.2) is 20.5 Å². The average molecular weight is 312 g/mol. The molecule has 0 bridgehead atoms. The molecular weight excluding hydrogens is 298 g/mol. The predicted molar refractivity (Wildman–Crippen MR) is 85.0 cm³/mol. The van der Waals surface area contributed by atoms with Gasteiger partial charge >= 0.3 is 0 Å². The van der Waals surface area contributed by atoms with E-state index in [9.17, 15) is 4.79 Å². The molecule has 0 amide bonds. The van der Waals surface area contributed by atoms with Gasteiger partial charge in [-0.25, -0.2) is 9.67 Å². The van der Waals surface area contributed by atoms with Crippen LogP contribution in [0.1, 0.15) is 22.0 Å². The molecule has 0 N–H and O–H groups in total. The summed E-state index contributed by atoms with van der Waals surface area (Å²) in [5.41, 5.74) is 1.69. The lowest BCUT2D eigenvalue weighted by molar-refractivity contribution is 0.0916. The van der Waals surface area contributed by atoms with Crippen molar-refractivity contribution in [2.24, 2.45) is 0 Å². The van der Waals surface area contributed by atoms with E-state index in [-0.39, 0.29) is 5.78 Å². The highest BCUT2D eigenvalue weighted by atomic mass is 35.5. The van der Waals surface area contributed by atoms with Crippen molar-refractivity contribution in [1.82, 2.24) is 14.8 Å². The summed E-state index contributed by atoms with van der Waals surface area (Å²) in [5.74, 6) is 0.0149. The van der Waals surface area contributed by atoms with Crippen molar-refractivity contribution in [3.63, 3.8) is 0 Å². The van der Waals surface area contributed by atoms with Crippen molar-refractivity contribution >= 4 is 17.4 Å². The maximum Gasteiger partial charge on any atom is 0.187 e. The van der Waals surface area contributed by atoms with Gasteiger partial charge < -0.3 is 0 Å². The first-order valence-electron chi connectivity index (χ1n) is 6.92. The van der Waals surface area contributed by atoms with Crippen LogP contribution >= 0.6 is 11.6 Å². The first-order chi connectivity index (χ1) is 10.7. The molecule has 4 nitrogen and oxygen atoms in total. The molecule has 0 fully saturated rings. The van der Waals surface area contributed by atoms with Crippen molar-refractivity contribution in [2.45, 2.75) is 12.5 Å². The summed E-state index contributed by atoms with van der Waals surface area (Å²) in [5, 5.41) is 4.81. The molecule has 0 aliphatic heterocycles. The van der Waals surface area contributed by atoms with Gasteiger partial charge in [-0.15, -0.1) is 0 Å². The molecule has 0 aliphatic carbocycles. The molecule has 1 atom stereocenters. The Kier molecular flexibility index (Phi) is 4.30. The van der Waals surface area contributed by atoms with Crippen molar-refractivity contribution in [3.05, 3.63) is 83.4 Å². The van der Waals surface area contributed by atoms with E-state index >= 15 is 0 Å². The van der Waals surface area contributed by atoms with Crippen LogP contribution in [0.2, 0.25) is 5.02 Å². The number of hydrogen-bond donors (Lipinski definition) is 0. The van der Waals surface area contributed by atoms with Crippen LogP contribution in [-0.2, 0) is 6.42 Å². The fourth-order valence-corrected chi connectivity index (χ4v) is 2.45. The Bertz CT molecular complexity index is 739. The van der Waals surface area contributed by atoms with E-state index in [1.807, 2.05) is 54.6 Å². The van der Waals surface area contributed by atoms with Gasteiger partial charge in [-0.3, -0.25) is 4.79 Å². The Hall–Kier alpha value is -2.46. The normalized spacial score (nSPS) is 12.0. The van der Waals surface area contributed by atoms with Crippen LogP contribution in [0.25, 0.3) is 0 Å². The summed E-state index contributed by atoms with van der Waals surface area (Å²) in [7, 11) is 0. The fourth-order valence-electron chi connectivity index (χ4n) is 2.32. The third-order valence-electron chi connectivity index (χ3n) is 3.46. The molecule has 1 heterocycles. The number of carbonyl (C=O) groups is 1. The molecule has 22 heavy (non-hydrogen) atoms. The van der Waals surface area contributed by atoms with Gasteiger partial charge in [0, 0.05) is 17.0 Å². The molecule has 2 aromatic carbocycles. The monoisotopic (exact) mass is 311 g/mol. The zero-order chi connectivity index (χ0) is 15.4. The van der Waals surface area contributed by atoms with Crippen molar-refractivity contribution < 1.29 is 4.79 Å². The highest BCUT2D eigenvalue weighted by Gasteiger charge is 2.23. The maximum absolute atomic E-state index is 12.8. The van der Waals surface area contributed by atoms with Crippen molar-refractivity contribution in [3.8, 4) is 0 Å². The number of nitrogens with zero attached hydrogens (tertiary/aromatic N) is 3. The van der Waals surface area contributed by atoms with Gasteiger partial charge in [-0.1, -0.05) is 54.1 Å². The molecule has 0 radical (unpaired) electrons. The molecule has 0 saturated heterocycles. The first-order valence-corrected chi connectivity index (χ1v) is 7.29. The molecule has 5 heteroatoms. The SMILES string of the molecule is O=C(c1ccccc1)[C@@H](Cc1ccc(Cl)cc1)n1cncn1. The summed E-state index contributed by atoms with van der Waals surface area (Å²) in [6, 6.07) is 16.3. The largest absolute Gasteiger partial charge is 0.292 e. The smallest absolute Gasteiger partial charge is 0.187 e. The van der Waals surface area contributed by atoms with E-state index in [1.54, 1.807) is 11.0 Å². The number of carbonyl (C=O) groups excluding carboxylic acids is 1. The minimum Gasteiger partial charge on any atom is -0.292 e. The first kappa shape index (κ1) is 14.5.